The van der Waals surface area contributed by atoms with Crippen LogP contribution in [0.2, 0.25) is 0 Å². The van der Waals surface area contributed by atoms with E-state index in [2.05, 4.69) is 0 Å². The van der Waals surface area contributed by atoms with E-state index in [0.29, 0.717) is 25.4 Å². The molecule has 6 nitrogen and oxygen atoms in total. The van der Waals surface area contributed by atoms with E-state index in [9.17, 15) is 9.59 Å². The van der Waals surface area contributed by atoms with Crippen molar-refractivity contribution in [2.75, 3.05) is 19.7 Å². The van der Waals surface area contributed by atoms with Gasteiger partial charge in [-0.25, -0.2) is 0 Å². The summed E-state index contributed by atoms with van der Waals surface area (Å²) < 4.78 is 5.47. The molecule has 114 valence electrons. The molecule has 1 heterocycles. The Hall–Kier alpha value is -2.08. The molecule has 6 heteroatoms. The number of rotatable bonds is 5. The fraction of sp³-hybridized carbons (Fsp3) is 0.467. The highest BCUT2D eigenvalue weighted by molar-refractivity contribution is 5.81. The Morgan fingerprint density at radius 2 is 2.00 bits per heavy atom. The summed E-state index contributed by atoms with van der Waals surface area (Å²) in [5, 5.41) is 0. The van der Waals surface area contributed by atoms with Crippen LogP contribution in [0, 0.1) is 5.92 Å². The number of amides is 2. The van der Waals surface area contributed by atoms with Crippen molar-refractivity contribution in [1.82, 2.24) is 4.90 Å². The van der Waals surface area contributed by atoms with E-state index in [-0.39, 0.29) is 24.3 Å². The summed E-state index contributed by atoms with van der Waals surface area (Å²) in [6.07, 6.45) is 1.55. The van der Waals surface area contributed by atoms with Crippen molar-refractivity contribution < 1.29 is 14.3 Å². The van der Waals surface area contributed by atoms with Gasteiger partial charge in [-0.15, -0.1) is 0 Å². The van der Waals surface area contributed by atoms with Crippen molar-refractivity contribution in [3.63, 3.8) is 0 Å². The van der Waals surface area contributed by atoms with Gasteiger partial charge in [0.05, 0.1) is 5.92 Å². The second kappa shape index (κ2) is 7.08. The first kappa shape index (κ1) is 15.3. The van der Waals surface area contributed by atoms with Crippen molar-refractivity contribution in [3.8, 4) is 5.75 Å². The van der Waals surface area contributed by atoms with Crippen molar-refractivity contribution in [1.29, 1.82) is 0 Å². The standard InChI is InChI=1S/C15H21N3O3/c16-8-11-3-5-13(6-4-11)21-10-14(19)18-7-1-2-12(9-18)15(17)20/h3-6,12H,1-2,7-10,16H2,(H2,17,20). The molecule has 0 spiro atoms. The first-order chi connectivity index (χ1) is 10.1. The molecule has 1 aromatic carbocycles. The third-order valence-electron chi connectivity index (χ3n) is 3.70. The van der Waals surface area contributed by atoms with Crippen LogP contribution in [-0.2, 0) is 16.1 Å². The van der Waals surface area contributed by atoms with Crippen molar-refractivity contribution in [3.05, 3.63) is 29.8 Å². The fourth-order valence-electron chi connectivity index (χ4n) is 2.39. The number of carbonyl (C=O) groups excluding carboxylic acids is 2. The molecule has 1 atom stereocenters. The van der Waals surface area contributed by atoms with Crippen LogP contribution in [0.3, 0.4) is 0 Å². The monoisotopic (exact) mass is 291 g/mol. The van der Waals surface area contributed by atoms with E-state index >= 15 is 0 Å². The highest BCUT2D eigenvalue weighted by Crippen LogP contribution is 2.17. The summed E-state index contributed by atoms with van der Waals surface area (Å²) in [5.41, 5.74) is 11.8. The first-order valence-electron chi connectivity index (χ1n) is 7.09. The number of hydrogen-bond acceptors (Lipinski definition) is 4. The third kappa shape index (κ3) is 4.19. The van der Waals surface area contributed by atoms with Gasteiger partial charge in [0.15, 0.2) is 6.61 Å². The maximum absolute atomic E-state index is 12.1. The molecule has 1 unspecified atom stereocenters. The summed E-state index contributed by atoms with van der Waals surface area (Å²) in [5.74, 6) is -0.0785. The van der Waals surface area contributed by atoms with E-state index < -0.39 is 0 Å². The second-order valence-corrected chi connectivity index (χ2v) is 5.22. The minimum Gasteiger partial charge on any atom is -0.484 e. The lowest BCUT2D eigenvalue weighted by Gasteiger charge is -2.31. The molecule has 0 aliphatic carbocycles. The fourth-order valence-corrected chi connectivity index (χ4v) is 2.39. The first-order valence-corrected chi connectivity index (χ1v) is 7.09. The second-order valence-electron chi connectivity index (χ2n) is 5.22. The minimum atomic E-state index is -0.342. The Morgan fingerprint density at radius 1 is 1.29 bits per heavy atom. The summed E-state index contributed by atoms with van der Waals surface area (Å²) >= 11 is 0. The predicted octanol–water partition coefficient (Wildman–Crippen LogP) is 0.248. The van der Waals surface area contributed by atoms with Crippen LogP contribution in [0.15, 0.2) is 24.3 Å². The van der Waals surface area contributed by atoms with Crippen LogP contribution in [0.25, 0.3) is 0 Å². The number of benzene rings is 1. The van der Waals surface area contributed by atoms with Crippen LogP contribution < -0.4 is 16.2 Å². The number of nitrogens with zero attached hydrogens (tertiary/aromatic N) is 1. The van der Waals surface area contributed by atoms with Gasteiger partial charge in [-0.05, 0) is 30.5 Å². The number of carbonyl (C=O) groups is 2. The molecule has 0 saturated carbocycles. The molecule has 1 fully saturated rings. The van der Waals surface area contributed by atoms with E-state index in [1.165, 1.54) is 0 Å². The molecule has 0 bridgehead atoms. The SMILES string of the molecule is NCc1ccc(OCC(=O)N2CCCC(C(N)=O)C2)cc1. The van der Waals surface area contributed by atoms with Gasteiger partial charge >= 0.3 is 0 Å². The van der Waals surface area contributed by atoms with Crippen LogP contribution >= 0.6 is 0 Å². The molecule has 4 N–H and O–H groups in total. The third-order valence-corrected chi connectivity index (χ3v) is 3.70. The summed E-state index contributed by atoms with van der Waals surface area (Å²) in [7, 11) is 0. The molecule has 0 radical (unpaired) electrons. The van der Waals surface area contributed by atoms with Crippen LogP contribution in [0.5, 0.6) is 5.75 Å². The molecule has 1 saturated heterocycles. The van der Waals surface area contributed by atoms with Gasteiger partial charge in [-0.2, -0.15) is 0 Å². The number of nitrogens with two attached hydrogens (primary N) is 2. The molecule has 1 aliphatic rings. The molecule has 1 aromatic rings. The molecule has 2 amide bonds. The van der Waals surface area contributed by atoms with Gasteiger partial charge in [0.2, 0.25) is 5.91 Å². The molecular weight excluding hydrogens is 270 g/mol. The molecular formula is C15H21N3O3. The van der Waals surface area contributed by atoms with Gasteiger partial charge < -0.3 is 21.1 Å². The zero-order valence-corrected chi connectivity index (χ0v) is 12.0. The number of primary amides is 1. The van der Waals surface area contributed by atoms with Gasteiger partial charge in [-0.1, -0.05) is 12.1 Å². The van der Waals surface area contributed by atoms with E-state index in [1.807, 2.05) is 12.1 Å². The summed E-state index contributed by atoms with van der Waals surface area (Å²) in [4.78, 5) is 24.9. The molecule has 2 rings (SSSR count). The Morgan fingerprint density at radius 3 is 2.62 bits per heavy atom. The van der Waals surface area contributed by atoms with E-state index in [4.69, 9.17) is 16.2 Å². The normalized spacial score (nSPS) is 18.3. The Balaban J connectivity index is 1.84. The van der Waals surface area contributed by atoms with E-state index in [0.717, 1.165) is 18.4 Å². The lowest BCUT2D eigenvalue weighted by molar-refractivity contribution is -0.136. The molecule has 0 aromatic heterocycles. The predicted molar refractivity (Wildman–Crippen MR) is 78.3 cm³/mol. The Bertz CT molecular complexity index is 501. The summed E-state index contributed by atoms with van der Waals surface area (Å²) in [6, 6.07) is 7.31. The largest absolute Gasteiger partial charge is 0.484 e. The topological polar surface area (TPSA) is 98.7 Å². The maximum Gasteiger partial charge on any atom is 0.260 e. The summed E-state index contributed by atoms with van der Waals surface area (Å²) in [6.45, 7) is 1.48. The van der Waals surface area contributed by atoms with Crippen molar-refractivity contribution in [2.45, 2.75) is 19.4 Å². The zero-order valence-electron chi connectivity index (χ0n) is 12.0. The smallest absolute Gasteiger partial charge is 0.260 e. The highest BCUT2D eigenvalue weighted by atomic mass is 16.5. The number of ether oxygens (including phenoxy) is 1. The van der Waals surface area contributed by atoms with Gasteiger partial charge in [-0.3, -0.25) is 9.59 Å². The number of hydrogen-bond donors (Lipinski definition) is 2. The quantitative estimate of drug-likeness (QED) is 0.812. The maximum atomic E-state index is 12.1. The van der Waals surface area contributed by atoms with Gasteiger partial charge in [0.25, 0.3) is 5.91 Å². The number of likely N-dealkylation sites (tertiary alicyclic amines) is 1. The zero-order chi connectivity index (χ0) is 15.2. The van der Waals surface area contributed by atoms with Gasteiger partial charge in [0.1, 0.15) is 5.75 Å². The van der Waals surface area contributed by atoms with Crippen molar-refractivity contribution in [2.24, 2.45) is 17.4 Å². The average Bonchev–Trinajstić information content (AvgIpc) is 2.53. The minimum absolute atomic E-state index is 0.0343. The molecule has 21 heavy (non-hydrogen) atoms. The lowest BCUT2D eigenvalue weighted by atomic mass is 9.97. The highest BCUT2D eigenvalue weighted by Gasteiger charge is 2.26. The Kier molecular flexibility index (Phi) is 5.16. The Labute approximate surface area is 124 Å². The lowest BCUT2D eigenvalue weighted by Crippen LogP contribution is -2.45. The van der Waals surface area contributed by atoms with Crippen LogP contribution in [-0.4, -0.2) is 36.4 Å². The average molecular weight is 291 g/mol. The van der Waals surface area contributed by atoms with Crippen LogP contribution in [0.4, 0.5) is 0 Å². The van der Waals surface area contributed by atoms with Gasteiger partial charge in [0, 0.05) is 19.6 Å². The van der Waals surface area contributed by atoms with Crippen LogP contribution in [0.1, 0.15) is 18.4 Å². The molecule has 1 aliphatic heterocycles. The van der Waals surface area contributed by atoms with E-state index in [1.54, 1.807) is 17.0 Å². The van der Waals surface area contributed by atoms with Crippen molar-refractivity contribution >= 4 is 11.8 Å². The number of piperidine rings is 1.